The quantitative estimate of drug-likeness (QED) is 0.639. The molecule has 9 nitrogen and oxygen atoms in total. The molecule has 0 spiro atoms. The number of nitrogens with zero attached hydrogens (tertiary/aromatic N) is 5. The van der Waals surface area contributed by atoms with Crippen LogP contribution in [0.25, 0.3) is 0 Å². The fraction of sp³-hybridized carbons (Fsp3) is 0.300. The Kier molecular flexibility index (Phi) is 3.55. The molecule has 0 saturated carbocycles. The maximum Gasteiger partial charge on any atom is 0.372 e. The normalized spacial score (nSPS) is 10.4. The first-order valence-electron chi connectivity index (χ1n) is 5.57. The molecule has 2 heterocycles. The molecule has 0 amide bonds. The van der Waals surface area contributed by atoms with Crippen LogP contribution in [0.5, 0.6) is 11.6 Å². The second kappa shape index (κ2) is 5.29. The third-order valence-electron chi connectivity index (χ3n) is 2.28. The Morgan fingerprint density at radius 1 is 1.53 bits per heavy atom. The molecular formula is C10H12N6O3. The van der Waals surface area contributed by atoms with Gasteiger partial charge >= 0.3 is 11.6 Å². The van der Waals surface area contributed by atoms with Gasteiger partial charge in [0.1, 0.15) is 6.33 Å². The van der Waals surface area contributed by atoms with Crippen LogP contribution in [0.4, 0.5) is 11.5 Å². The van der Waals surface area contributed by atoms with Gasteiger partial charge in [-0.15, -0.1) is 0 Å². The maximum absolute atomic E-state index is 10.9. The van der Waals surface area contributed by atoms with Crippen LogP contribution in [-0.2, 0) is 6.54 Å². The van der Waals surface area contributed by atoms with Crippen molar-refractivity contribution in [3.63, 3.8) is 0 Å². The van der Waals surface area contributed by atoms with E-state index in [2.05, 4.69) is 15.1 Å². The molecule has 100 valence electrons. The fourth-order valence-electron chi connectivity index (χ4n) is 1.48. The summed E-state index contributed by atoms with van der Waals surface area (Å²) in [7, 11) is 0. The van der Waals surface area contributed by atoms with Crippen LogP contribution in [0.2, 0.25) is 0 Å². The Morgan fingerprint density at radius 3 is 3.00 bits per heavy atom. The van der Waals surface area contributed by atoms with Gasteiger partial charge in [-0.25, -0.2) is 4.98 Å². The highest BCUT2D eigenvalue weighted by Gasteiger charge is 2.23. The summed E-state index contributed by atoms with van der Waals surface area (Å²) in [5.74, 6) is -0.0841. The van der Waals surface area contributed by atoms with E-state index < -0.39 is 10.6 Å². The molecule has 0 atom stereocenters. The minimum Gasteiger partial charge on any atom is -0.430 e. The molecule has 19 heavy (non-hydrogen) atoms. The van der Waals surface area contributed by atoms with Gasteiger partial charge in [0.15, 0.2) is 5.75 Å². The molecule has 2 N–H and O–H groups in total. The summed E-state index contributed by atoms with van der Waals surface area (Å²) in [6.45, 7) is 2.75. The molecule has 0 aliphatic rings. The topological polar surface area (TPSA) is 122 Å². The third kappa shape index (κ3) is 2.76. The van der Waals surface area contributed by atoms with Gasteiger partial charge in [0, 0.05) is 6.54 Å². The van der Waals surface area contributed by atoms with Crippen LogP contribution in [0.3, 0.4) is 0 Å². The van der Waals surface area contributed by atoms with Crippen molar-refractivity contribution < 1.29 is 9.66 Å². The molecule has 0 aliphatic carbocycles. The molecule has 0 aliphatic heterocycles. The molecule has 0 radical (unpaired) electrons. The number of hydrogen-bond donors (Lipinski definition) is 1. The van der Waals surface area contributed by atoms with Crippen LogP contribution in [0.15, 0.2) is 18.7 Å². The first-order chi connectivity index (χ1) is 9.11. The molecule has 0 saturated heterocycles. The van der Waals surface area contributed by atoms with Crippen molar-refractivity contribution in [1.29, 1.82) is 0 Å². The molecule has 0 unspecified atom stereocenters. The summed E-state index contributed by atoms with van der Waals surface area (Å²) >= 11 is 0. The Hall–Kier alpha value is -2.71. The molecule has 2 aromatic rings. The lowest BCUT2D eigenvalue weighted by Crippen LogP contribution is -2.02. The van der Waals surface area contributed by atoms with Crippen LogP contribution in [-0.4, -0.2) is 24.7 Å². The van der Waals surface area contributed by atoms with Gasteiger partial charge in [-0.2, -0.15) is 10.1 Å². The number of rotatable bonds is 5. The van der Waals surface area contributed by atoms with Crippen LogP contribution in [0, 0.1) is 10.1 Å². The van der Waals surface area contributed by atoms with E-state index in [1.807, 2.05) is 6.92 Å². The van der Waals surface area contributed by atoms with Gasteiger partial charge < -0.3 is 10.5 Å². The molecule has 2 aromatic heterocycles. The van der Waals surface area contributed by atoms with Crippen molar-refractivity contribution in [2.45, 2.75) is 19.9 Å². The number of nitro groups is 1. The number of ether oxygens (including phenoxy) is 1. The minimum atomic E-state index is -0.679. The monoisotopic (exact) mass is 264 g/mol. The highest BCUT2D eigenvalue weighted by atomic mass is 16.6. The highest BCUT2D eigenvalue weighted by molar-refractivity contribution is 5.58. The first kappa shape index (κ1) is 12.7. The minimum absolute atomic E-state index is 0.200. The van der Waals surface area contributed by atoms with E-state index in [-0.39, 0.29) is 11.7 Å². The van der Waals surface area contributed by atoms with Gasteiger partial charge in [-0.1, -0.05) is 6.92 Å². The van der Waals surface area contributed by atoms with Crippen molar-refractivity contribution in [3.05, 3.63) is 28.8 Å². The second-order valence-electron chi connectivity index (χ2n) is 3.71. The Bertz CT molecular complexity index is 597. The fourth-order valence-corrected chi connectivity index (χ4v) is 1.48. The van der Waals surface area contributed by atoms with Gasteiger partial charge in [0.2, 0.25) is 5.82 Å². The first-order valence-corrected chi connectivity index (χ1v) is 5.57. The average Bonchev–Trinajstić information content (AvgIpc) is 2.76. The Balaban J connectivity index is 2.27. The van der Waals surface area contributed by atoms with Gasteiger partial charge in [-0.3, -0.25) is 14.8 Å². The number of aromatic nitrogens is 4. The largest absolute Gasteiger partial charge is 0.430 e. The van der Waals surface area contributed by atoms with Crippen molar-refractivity contribution in [2.24, 2.45) is 0 Å². The highest BCUT2D eigenvalue weighted by Crippen LogP contribution is 2.31. The van der Waals surface area contributed by atoms with Crippen molar-refractivity contribution in [3.8, 4) is 11.6 Å². The van der Waals surface area contributed by atoms with Crippen LogP contribution in [0.1, 0.15) is 13.3 Å². The van der Waals surface area contributed by atoms with Crippen LogP contribution < -0.4 is 10.5 Å². The maximum atomic E-state index is 10.9. The molecule has 0 aromatic carbocycles. The van der Waals surface area contributed by atoms with E-state index in [0.29, 0.717) is 5.75 Å². The molecular weight excluding hydrogens is 252 g/mol. The number of nitrogens with two attached hydrogens (primary N) is 1. The van der Waals surface area contributed by atoms with E-state index in [1.165, 1.54) is 6.20 Å². The zero-order valence-corrected chi connectivity index (χ0v) is 10.2. The smallest absolute Gasteiger partial charge is 0.372 e. The lowest BCUT2D eigenvalue weighted by Gasteiger charge is -2.03. The molecule has 9 heteroatoms. The Labute approximate surface area is 108 Å². The summed E-state index contributed by atoms with van der Waals surface area (Å²) in [4.78, 5) is 17.5. The standard InChI is InChI=1S/C10H12N6O3/c1-2-3-15-5-7(4-14-15)19-10-8(16(17)18)9(11)12-6-13-10/h4-6H,2-3H2,1H3,(H2,11,12,13). The Morgan fingerprint density at radius 2 is 2.32 bits per heavy atom. The molecule has 2 rings (SSSR count). The van der Waals surface area contributed by atoms with Gasteiger partial charge in [0.25, 0.3) is 0 Å². The van der Waals surface area contributed by atoms with E-state index in [9.17, 15) is 10.1 Å². The number of nitrogen functional groups attached to an aromatic ring is 1. The van der Waals surface area contributed by atoms with E-state index in [4.69, 9.17) is 10.5 Å². The van der Waals surface area contributed by atoms with Gasteiger partial charge in [-0.05, 0) is 6.42 Å². The summed E-state index contributed by atoms with van der Waals surface area (Å²) in [5.41, 5.74) is 4.98. The zero-order chi connectivity index (χ0) is 13.8. The van der Waals surface area contributed by atoms with E-state index >= 15 is 0 Å². The van der Waals surface area contributed by atoms with Crippen molar-refractivity contribution in [2.75, 3.05) is 5.73 Å². The molecule has 0 fully saturated rings. The van der Waals surface area contributed by atoms with E-state index in [1.54, 1.807) is 10.9 Å². The summed E-state index contributed by atoms with van der Waals surface area (Å²) in [6, 6.07) is 0. The lowest BCUT2D eigenvalue weighted by molar-refractivity contribution is -0.385. The third-order valence-corrected chi connectivity index (χ3v) is 2.28. The van der Waals surface area contributed by atoms with Crippen molar-refractivity contribution >= 4 is 11.5 Å². The summed E-state index contributed by atoms with van der Waals surface area (Å²) in [6.07, 6.45) is 5.11. The molecule has 0 bridgehead atoms. The van der Waals surface area contributed by atoms with Crippen LogP contribution >= 0.6 is 0 Å². The van der Waals surface area contributed by atoms with Gasteiger partial charge in [0.05, 0.1) is 17.3 Å². The summed E-state index contributed by atoms with van der Waals surface area (Å²) < 4.78 is 6.99. The van der Waals surface area contributed by atoms with Crippen molar-refractivity contribution in [1.82, 2.24) is 19.7 Å². The lowest BCUT2D eigenvalue weighted by atomic mass is 10.4. The zero-order valence-electron chi connectivity index (χ0n) is 10.2. The predicted molar refractivity (Wildman–Crippen MR) is 65.7 cm³/mol. The number of aryl methyl sites for hydroxylation is 1. The average molecular weight is 264 g/mol. The van der Waals surface area contributed by atoms with E-state index in [0.717, 1.165) is 19.3 Å². The summed E-state index contributed by atoms with van der Waals surface area (Å²) in [5, 5.41) is 14.9. The number of hydrogen-bond acceptors (Lipinski definition) is 7. The predicted octanol–water partition coefficient (Wildman–Crippen LogP) is 1.37. The second-order valence-corrected chi connectivity index (χ2v) is 3.71. The SMILES string of the molecule is CCCn1cc(Oc2ncnc(N)c2[N+](=O)[O-])cn1. The number of anilines is 1.